The molecule has 1 aliphatic carbocycles. The molecule has 1 aliphatic rings. The second-order valence-electron chi connectivity index (χ2n) is 4.76. The first-order chi connectivity index (χ1) is 7.13. The lowest BCUT2D eigenvalue weighted by Crippen LogP contribution is -2.27. The fraction of sp³-hybridized carbons (Fsp3) is 0.917. The maximum Gasteiger partial charge on any atom is 0.246 e. The molecule has 2 unspecified atom stereocenters. The minimum Gasteiger partial charge on any atom is -0.275 e. The number of hydrogen-bond acceptors (Lipinski definition) is 2. The zero-order chi connectivity index (χ0) is 11.3. The summed E-state index contributed by atoms with van der Waals surface area (Å²) in [5.41, 5.74) is 0. The van der Waals surface area contributed by atoms with Gasteiger partial charge in [0.1, 0.15) is 0 Å². The molecule has 1 rings (SSSR count). The third kappa shape index (κ3) is 4.20. The van der Waals surface area contributed by atoms with E-state index in [1.807, 2.05) is 0 Å². The van der Waals surface area contributed by atoms with Crippen LogP contribution >= 0.6 is 0 Å². The van der Waals surface area contributed by atoms with Crippen LogP contribution in [0.15, 0.2) is 0 Å². The summed E-state index contributed by atoms with van der Waals surface area (Å²) in [5.74, 6) is 1.52. The molecule has 1 fully saturated rings. The maximum absolute atomic E-state index is 11.6. The van der Waals surface area contributed by atoms with Crippen molar-refractivity contribution in [3.05, 3.63) is 0 Å². The molecule has 1 amide bonds. The highest BCUT2D eigenvalue weighted by Crippen LogP contribution is 2.29. The SMILES string of the molecule is CON(C)C(=O)CC1CCCC(C)CC1. The Morgan fingerprint density at radius 3 is 2.73 bits per heavy atom. The molecule has 0 saturated heterocycles. The fourth-order valence-corrected chi connectivity index (χ4v) is 2.25. The molecule has 0 aromatic carbocycles. The van der Waals surface area contributed by atoms with E-state index >= 15 is 0 Å². The van der Waals surface area contributed by atoms with Crippen LogP contribution in [0.5, 0.6) is 0 Å². The molecule has 0 N–H and O–H groups in total. The second-order valence-corrected chi connectivity index (χ2v) is 4.76. The number of rotatable bonds is 3. The van der Waals surface area contributed by atoms with Gasteiger partial charge in [0.2, 0.25) is 5.91 Å². The van der Waals surface area contributed by atoms with E-state index < -0.39 is 0 Å². The zero-order valence-electron chi connectivity index (χ0n) is 10.2. The quantitative estimate of drug-likeness (QED) is 0.533. The monoisotopic (exact) mass is 213 g/mol. The van der Waals surface area contributed by atoms with Gasteiger partial charge < -0.3 is 0 Å². The minimum absolute atomic E-state index is 0.108. The number of amides is 1. The molecule has 0 aromatic rings. The number of nitrogens with zero attached hydrogens (tertiary/aromatic N) is 1. The van der Waals surface area contributed by atoms with Crippen LogP contribution in [-0.4, -0.2) is 25.1 Å². The van der Waals surface area contributed by atoms with Gasteiger partial charge in [-0.05, 0) is 24.7 Å². The van der Waals surface area contributed by atoms with Crippen molar-refractivity contribution in [1.82, 2.24) is 5.06 Å². The Morgan fingerprint density at radius 2 is 2.07 bits per heavy atom. The van der Waals surface area contributed by atoms with E-state index in [-0.39, 0.29) is 5.91 Å². The molecule has 0 heterocycles. The van der Waals surface area contributed by atoms with Gasteiger partial charge in [-0.1, -0.05) is 26.2 Å². The van der Waals surface area contributed by atoms with Crippen molar-refractivity contribution in [1.29, 1.82) is 0 Å². The van der Waals surface area contributed by atoms with Gasteiger partial charge in [-0.15, -0.1) is 0 Å². The van der Waals surface area contributed by atoms with Crippen LogP contribution in [-0.2, 0) is 9.63 Å². The van der Waals surface area contributed by atoms with E-state index in [4.69, 9.17) is 4.84 Å². The largest absolute Gasteiger partial charge is 0.275 e. The van der Waals surface area contributed by atoms with Crippen LogP contribution in [0.1, 0.15) is 45.4 Å². The average molecular weight is 213 g/mol. The lowest BCUT2D eigenvalue weighted by molar-refractivity contribution is -0.169. The number of hydrogen-bond donors (Lipinski definition) is 0. The smallest absolute Gasteiger partial charge is 0.246 e. The molecular formula is C12H23NO2. The summed E-state index contributed by atoms with van der Waals surface area (Å²) in [6, 6.07) is 0. The Bertz CT molecular complexity index is 206. The number of carbonyl (C=O) groups excluding carboxylic acids is 1. The Kier molecular flexibility index (Phi) is 5.09. The molecule has 88 valence electrons. The third-order valence-electron chi connectivity index (χ3n) is 3.47. The molecule has 0 spiro atoms. The molecule has 15 heavy (non-hydrogen) atoms. The number of hydroxylamine groups is 2. The summed E-state index contributed by atoms with van der Waals surface area (Å²) in [7, 11) is 3.22. The summed E-state index contributed by atoms with van der Waals surface area (Å²) in [5, 5.41) is 1.34. The number of carbonyl (C=O) groups is 1. The van der Waals surface area contributed by atoms with Crippen LogP contribution in [0.25, 0.3) is 0 Å². The van der Waals surface area contributed by atoms with E-state index in [1.54, 1.807) is 7.05 Å². The van der Waals surface area contributed by atoms with E-state index in [0.717, 1.165) is 5.92 Å². The Morgan fingerprint density at radius 1 is 1.33 bits per heavy atom. The summed E-state index contributed by atoms with van der Waals surface area (Å²) in [6.45, 7) is 2.31. The highest BCUT2D eigenvalue weighted by Gasteiger charge is 2.20. The molecule has 3 nitrogen and oxygen atoms in total. The van der Waals surface area contributed by atoms with Crippen molar-refractivity contribution in [3.63, 3.8) is 0 Å². The van der Waals surface area contributed by atoms with Crippen LogP contribution in [0.3, 0.4) is 0 Å². The van der Waals surface area contributed by atoms with Crippen molar-refractivity contribution in [2.24, 2.45) is 11.8 Å². The molecule has 1 saturated carbocycles. The predicted octanol–water partition coefficient (Wildman–Crippen LogP) is 2.61. The van der Waals surface area contributed by atoms with E-state index in [1.165, 1.54) is 44.3 Å². The molecule has 2 atom stereocenters. The van der Waals surface area contributed by atoms with Gasteiger partial charge in [-0.2, -0.15) is 0 Å². The first-order valence-electron chi connectivity index (χ1n) is 5.94. The Labute approximate surface area is 92.7 Å². The van der Waals surface area contributed by atoms with Crippen molar-refractivity contribution >= 4 is 5.91 Å². The lowest BCUT2D eigenvalue weighted by Gasteiger charge is -2.18. The van der Waals surface area contributed by atoms with Gasteiger partial charge in [0.15, 0.2) is 0 Å². The molecule has 0 bridgehead atoms. The van der Waals surface area contributed by atoms with E-state index in [2.05, 4.69) is 6.92 Å². The van der Waals surface area contributed by atoms with Gasteiger partial charge in [0.05, 0.1) is 7.11 Å². The predicted molar refractivity (Wildman–Crippen MR) is 60.1 cm³/mol. The first kappa shape index (κ1) is 12.5. The topological polar surface area (TPSA) is 29.5 Å². The Hall–Kier alpha value is -0.570. The first-order valence-corrected chi connectivity index (χ1v) is 5.94. The maximum atomic E-state index is 11.6. The summed E-state index contributed by atoms with van der Waals surface area (Å²) in [6.07, 6.45) is 6.92. The zero-order valence-corrected chi connectivity index (χ0v) is 10.2. The van der Waals surface area contributed by atoms with Gasteiger partial charge in [0.25, 0.3) is 0 Å². The van der Waals surface area contributed by atoms with Crippen molar-refractivity contribution in [2.75, 3.05) is 14.2 Å². The van der Waals surface area contributed by atoms with Gasteiger partial charge in [-0.3, -0.25) is 9.63 Å². The fourth-order valence-electron chi connectivity index (χ4n) is 2.25. The molecule has 3 heteroatoms. The van der Waals surface area contributed by atoms with Crippen LogP contribution in [0, 0.1) is 11.8 Å². The Balaban J connectivity index is 2.34. The third-order valence-corrected chi connectivity index (χ3v) is 3.47. The van der Waals surface area contributed by atoms with Gasteiger partial charge in [0, 0.05) is 13.5 Å². The van der Waals surface area contributed by atoms with Crippen LogP contribution in [0.2, 0.25) is 0 Å². The van der Waals surface area contributed by atoms with E-state index in [9.17, 15) is 4.79 Å². The summed E-state index contributed by atoms with van der Waals surface area (Å²) >= 11 is 0. The minimum atomic E-state index is 0.108. The highest BCUT2D eigenvalue weighted by atomic mass is 16.7. The summed E-state index contributed by atoms with van der Waals surface area (Å²) < 4.78 is 0. The van der Waals surface area contributed by atoms with Crippen LogP contribution < -0.4 is 0 Å². The van der Waals surface area contributed by atoms with Crippen LogP contribution in [0.4, 0.5) is 0 Å². The average Bonchev–Trinajstić information content (AvgIpc) is 2.42. The van der Waals surface area contributed by atoms with Crippen molar-refractivity contribution in [2.45, 2.75) is 45.4 Å². The van der Waals surface area contributed by atoms with Gasteiger partial charge in [-0.25, -0.2) is 5.06 Å². The van der Waals surface area contributed by atoms with E-state index in [0.29, 0.717) is 12.3 Å². The summed E-state index contributed by atoms with van der Waals surface area (Å²) in [4.78, 5) is 16.5. The second kappa shape index (κ2) is 6.11. The highest BCUT2D eigenvalue weighted by molar-refractivity contribution is 5.75. The normalized spacial score (nSPS) is 27.1. The standard InChI is InChI=1S/C12H23NO2/c1-10-5-4-6-11(8-7-10)9-12(14)13(2)15-3/h10-11H,4-9H2,1-3H3. The molecule has 0 aromatic heterocycles. The molecular weight excluding hydrogens is 190 g/mol. The molecule has 0 aliphatic heterocycles. The van der Waals surface area contributed by atoms with Crippen molar-refractivity contribution < 1.29 is 9.63 Å². The lowest BCUT2D eigenvalue weighted by atomic mass is 9.95. The van der Waals surface area contributed by atoms with Crippen molar-refractivity contribution in [3.8, 4) is 0 Å². The molecule has 0 radical (unpaired) electrons. The van der Waals surface area contributed by atoms with Gasteiger partial charge >= 0.3 is 0 Å².